The summed E-state index contributed by atoms with van der Waals surface area (Å²) in [6.07, 6.45) is 3.18. The number of rotatable bonds is 5. The van der Waals surface area contributed by atoms with Crippen LogP contribution in [0.15, 0.2) is 18.2 Å². The van der Waals surface area contributed by atoms with E-state index in [0.717, 1.165) is 31.8 Å². The zero-order valence-corrected chi connectivity index (χ0v) is 15.1. The van der Waals surface area contributed by atoms with E-state index in [1.54, 1.807) is 7.11 Å². The fourth-order valence-electron chi connectivity index (χ4n) is 3.23. The van der Waals surface area contributed by atoms with E-state index < -0.39 is 0 Å². The molecule has 0 amide bonds. The highest BCUT2D eigenvalue weighted by Gasteiger charge is 2.34. The minimum atomic E-state index is -0.0938. The number of likely N-dealkylation sites (tertiary alicyclic amines) is 1. The number of benzene rings is 1. The number of hydrogen-bond donors (Lipinski definition) is 0. The maximum absolute atomic E-state index is 12.1. The van der Waals surface area contributed by atoms with Crippen LogP contribution in [0.4, 0.5) is 0 Å². The first kappa shape index (κ1) is 16.5. The zero-order valence-electron chi connectivity index (χ0n) is 13.5. The third-order valence-electron chi connectivity index (χ3n) is 4.53. The molecule has 1 aromatic rings. The molecule has 1 saturated heterocycles. The van der Waals surface area contributed by atoms with Gasteiger partial charge < -0.3 is 9.47 Å². The summed E-state index contributed by atoms with van der Waals surface area (Å²) in [6, 6.07) is 6.16. The minimum Gasteiger partial charge on any atom is -0.497 e. The molecule has 2 aliphatic rings. The topological polar surface area (TPSA) is 38.8 Å². The minimum absolute atomic E-state index is 0.0887. The molecule has 4 nitrogen and oxygen atoms in total. The Kier molecular flexibility index (Phi) is 5.07. The van der Waals surface area contributed by atoms with Gasteiger partial charge in [0.25, 0.3) is 0 Å². The lowest BCUT2D eigenvalue weighted by Crippen LogP contribution is -2.45. The summed E-state index contributed by atoms with van der Waals surface area (Å²) < 4.78 is 10.5. The van der Waals surface area contributed by atoms with E-state index in [9.17, 15) is 4.79 Å². The van der Waals surface area contributed by atoms with Crippen molar-refractivity contribution in [3.63, 3.8) is 0 Å². The molecule has 2 atom stereocenters. The third kappa shape index (κ3) is 3.45. The van der Waals surface area contributed by atoms with Gasteiger partial charge in [-0.1, -0.05) is 22.0 Å². The van der Waals surface area contributed by atoms with Crippen molar-refractivity contribution in [1.29, 1.82) is 0 Å². The molecule has 1 aliphatic heterocycles. The van der Waals surface area contributed by atoms with Gasteiger partial charge >= 0.3 is 5.97 Å². The molecule has 1 heterocycles. The van der Waals surface area contributed by atoms with Crippen molar-refractivity contribution >= 4 is 33.5 Å². The number of carbonyl (C=O) groups excluding carboxylic acids is 1. The van der Waals surface area contributed by atoms with Crippen LogP contribution in [-0.4, -0.2) is 49.0 Å². The molecule has 2 unspecified atom stereocenters. The summed E-state index contributed by atoms with van der Waals surface area (Å²) in [5.41, 5.74) is 3.84. The lowest BCUT2D eigenvalue weighted by Gasteiger charge is -2.36. The van der Waals surface area contributed by atoms with E-state index in [4.69, 9.17) is 9.47 Å². The van der Waals surface area contributed by atoms with Crippen molar-refractivity contribution in [1.82, 2.24) is 4.90 Å². The molecule has 124 valence electrons. The Morgan fingerprint density at radius 3 is 3.00 bits per heavy atom. The van der Waals surface area contributed by atoms with Crippen molar-refractivity contribution in [3.05, 3.63) is 29.3 Å². The summed E-state index contributed by atoms with van der Waals surface area (Å²) in [6.45, 7) is 4.89. The van der Waals surface area contributed by atoms with Crippen LogP contribution in [-0.2, 0) is 9.53 Å². The molecule has 1 aliphatic carbocycles. The van der Waals surface area contributed by atoms with Crippen molar-refractivity contribution in [2.75, 3.05) is 33.4 Å². The van der Waals surface area contributed by atoms with Gasteiger partial charge in [-0.2, -0.15) is 0 Å². The van der Waals surface area contributed by atoms with Gasteiger partial charge in [0.05, 0.1) is 19.6 Å². The first-order valence-electron chi connectivity index (χ1n) is 8.04. The standard InChI is InChI=1S/C18H22BrNO3/c1-3-23-18(21)16-11-20(7-6-17(16)19)10-13-8-12-4-5-14(22-2)9-15(12)13/h4-5,8-9,16-17H,3,6-7,10-11H2,1-2H3. The average molecular weight is 380 g/mol. The molecule has 0 radical (unpaired) electrons. The van der Waals surface area contributed by atoms with Crippen LogP contribution in [0, 0.1) is 5.92 Å². The van der Waals surface area contributed by atoms with Gasteiger partial charge in [-0.25, -0.2) is 0 Å². The van der Waals surface area contributed by atoms with Gasteiger partial charge in [0.15, 0.2) is 0 Å². The fourth-order valence-corrected chi connectivity index (χ4v) is 3.82. The molecule has 0 saturated carbocycles. The number of halogens is 1. The van der Waals surface area contributed by atoms with Crippen molar-refractivity contribution in [2.24, 2.45) is 5.92 Å². The largest absolute Gasteiger partial charge is 0.497 e. The van der Waals surface area contributed by atoms with Crippen molar-refractivity contribution in [2.45, 2.75) is 18.2 Å². The molecular weight excluding hydrogens is 358 g/mol. The summed E-state index contributed by atoms with van der Waals surface area (Å²) in [4.78, 5) is 14.6. The number of esters is 1. The van der Waals surface area contributed by atoms with Gasteiger partial charge in [-0.15, -0.1) is 0 Å². The third-order valence-corrected chi connectivity index (χ3v) is 5.63. The maximum atomic E-state index is 12.1. The smallest absolute Gasteiger partial charge is 0.311 e. The molecule has 1 fully saturated rings. The number of carbonyl (C=O) groups is 1. The van der Waals surface area contributed by atoms with Gasteiger partial charge in [-0.05, 0) is 54.8 Å². The molecule has 23 heavy (non-hydrogen) atoms. The van der Waals surface area contributed by atoms with Crippen LogP contribution in [0.3, 0.4) is 0 Å². The quantitative estimate of drug-likeness (QED) is 0.581. The van der Waals surface area contributed by atoms with E-state index in [-0.39, 0.29) is 16.7 Å². The second kappa shape index (κ2) is 7.05. The van der Waals surface area contributed by atoms with Crippen LogP contribution in [0.5, 0.6) is 5.75 Å². The van der Waals surface area contributed by atoms with Crippen molar-refractivity contribution in [3.8, 4) is 5.75 Å². The normalized spacial score (nSPS) is 23.5. The number of piperidine rings is 1. The molecule has 0 N–H and O–H groups in total. The molecule has 3 rings (SSSR count). The number of nitrogens with zero attached hydrogens (tertiary/aromatic N) is 1. The Hall–Kier alpha value is -1.33. The zero-order chi connectivity index (χ0) is 16.4. The van der Waals surface area contributed by atoms with Crippen molar-refractivity contribution < 1.29 is 14.3 Å². The summed E-state index contributed by atoms with van der Waals surface area (Å²) >= 11 is 3.64. The van der Waals surface area contributed by atoms with Gasteiger partial charge in [0.2, 0.25) is 0 Å². The van der Waals surface area contributed by atoms with Crippen LogP contribution >= 0.6 is 15.9 Å². The molecule has 1 aromatic carbocycles. The Balaban J connectivity index is 1.63. The molecule has 0 aromatic heterocycles. The Bertz CT molecular complexity index is 629. The Labute approximate surface area is 145 Å². The average Bonchev–Trinajstić information content (AvgIpc) is 2.54. The van der Waals surface area contributed by atoms with Crippen LogP contribution < -0.4 is 4.74 Å². The highest BCUT2D eigenvalue weighted by Crippen LogP contribution is 2.36. The monoisotopic (exact) mass is 379 g/mol. The first-order valence-corrected chi connectivity index (χ1v) is 8.96. The van der Waals surface area contributed by atoms with E-state index in [1.807, 2.05) is 13.0 Å². The fraction of sp³-hybridized carbons (Fsp3) is 0.500. The van der Waals surface area contributed by atoms with E-state index in [0.29, 0.717) is 6.61 Å². The number of methoxy groups -OCH3 is 1. The SMILES string of the molecule is CCOC(=O)C1CN(CC2=Cc3ccc(OC)cc32)CCC1Br. The first-order chi connectivity index (χ1) is 11.1. The lowest BCUT2D eigenvalue weighted by molar-refractivity contribution is -0.149. The van der Waals surface area contributed by atoms with Gasteiger partial charge in [0.1, 0.15) is 5.75 Å². The lowest BCUT2D eigenvalue weighted by atomic mass is 9.87. The molecule has 0 spiro atoms. The maximum Gasteiger partial charge on any atom is 0.311 e. The van der Waals surface area contributed by atoms with E-state index in [1.165, 1.54) is 16.7 Å². The van der Waals surface area contributed by atoms with Crippen LogP contribution in [0.2, 0.25) is 0 Å². The molecule has 5 heteroatoms. The molecule has 0 bridgehead atoms. The molecular formula is C18H22BrNO3. The number of alkyl halides is 1. The second-order valence-corrected chi connectivity index (χ2v) is 7.20. The van der Waals surface area contributed by atoms with E-state index >= 15 is 0 Å². The van der Waals surface area contributed by atoms with Crippen LogP contribution in [0.25, 0.3) is 11.6 Å². The second-order valence-electron chi connectivity index (χ2n) is 6.02. The Morgan fingerprint density at radius 2 is 2.26 bits per heavy atom. The number of hydrogen-bond acceptors (Lipinski definition) is 4. The number of fused-ring (bicyclic) bond motifs is 1. The van der Waals surface area contributed by atoms with Gasteiger partial charge in [0, 0.05) is 17.9 Å². The summed E-state index contributed by atoms with van der Waals surface area (Å²) in [5, 5.41) is 0. The highest BCUT2D eigenvalue weighted by molar-refractivity contribution is 9.09. The van der Waals surface area contributed by atoms with E-state index in [2.05, 4.69) is 39.0 Å². The predicted octanol–water partition coefficient (Wildman–Crippen LogP) is 3.20. The number of ether oxygens (including phenoxy) is 2. The summed E-state index contributed by atoms with van der Waals surface area (Å²) in [7, 11) is 1.69. The van der Waals surface area contributed by atoms with Gasteiger partial charge in [-0.3, -0.25) is 9.69 Å². The highest BCUT2D eigenvalue weighted by atomic mass is 79.9. The van der Waals surface area contributed by atoms with Crippen LogP contribution in [0.1, 0.15) is 24.5 Å². The predicted molar refractivity (Wildman–Crippen MR) is 94.8 cm³/mol. The summed E-state index contributed by atoms with van der Waals surface area (Å²) in [5.74, 6) is 0.704. The Morgan fingerprint density at radius 1 is 1.43 bits per heavy atom.